The Hall–Kier alpha value is -2.86. The number of hydrogen-bond donors (Lipinski definition) is 1. The summed E-state index contributed by atoms with van der Waals surface area (Å²) in [4.78, 5) is 18.1. The van der Waals surface area contributed by atoms with Crippen molar-refractivity contribution in [2.75, 3.05) is 43.4 Å². The van der Waals surface area contributed by atoms with Crippen LogP contribution in [0.25, 0.3) is 22.2 Å². The summed E-state index contributed by atoms with van der Waals surface area (Å²) in [6, 6.07) is 9.92. The molecule has 0 unspecified atom stereocenters. The fourth-order valence-corrected chi connectivity index (χ4v) is 4.26. The first-order valence-electron chi connectivity index (χ1n) is 9.85. The molecule has 0 atom stereocenters. The van der Waals surface area contributed by atoms with E-state index < -0.39 is 0 Å². The van der Waals surface area contributed by atoms with E-state index in [-0.39, 0.29) is 11.8 Å². The molecule has 6 heteroatoms. The van der Waals surface area contributed by atoms with Crippen LogP contribution < -0.4 is 10.2 Å². The molecule has 3 aromatic rings. The summed E-state index contributed by atoms with van der Waals surface area (Å²) >= 11 is 0. The highest BCUT2D eigenvalue weighted by atomic mass is 16.5. The lowest BCUT2D eigenvalue weighted by atomic mass is 9.86. The Labute approximate surface area is 164 Å². The van der Waals surface area contributed by atoms with Crippen molar-refractivity contribution < 1.29 is 9.32 Å². The van der Waals surface area contributed by atoms with Crippen molar-refractivity contribution in [3.8, 4) is 11.3 Å². The van der Waals surface area contributed by atoms with Gasteiger partial charge in [0.15, 0.2) is 11.5 Å². The molecule has 0 saturated carbocycles. The fraction of sp³-hybridized carbons (Fsp3) is 0.364. The van der Waals surface area contributed by atoms with Crippen molar-refractivity contribution in [2.45, 2.75) is 19.9 Å². The lowest BCUT2D eigenvalue weighted by Crippen LogP contribution is -2.44. The molecule has 1 fully saturated rings. The Morgan fingerprint density at radius 3 is 2.54 bits per heavy atom. The van der Waals surface area contributed by atoms with Crippen LogP contribution in [0.1, 0.15) is 29.8 Å². The monoisotopic (exact) mass is 376 g/mol. The Balaban J connectivity index is 1.77. The Morgan fingerprint density at radius 1 is 1.11 bits per heavy atom. The van der Waals surface area contributed by atoms with Gasteiger partial charge in [-0.15, -0.1) is 0 Å². The minimum atomic E-state index is 0.0318. The van der Waals surface area contributed by atoms with E-state index >= 15 is 0 Å². The van der Waals surface area contributed by atoms with E-state index in [9.17, 15) is 4.79 Å². The highest BCUT2D eigenvalue weighted by Crippen LogP contribution is 2.45. The molecule has 1 N–H and O–H groups in total. The van der Waals surface area contributed by atoms with Crippen LogP contribution in [0.4, 0.5) is 11.4 Å². The van der Waals surface area contributed by atoms with E-state index in [4.69, 9.17) is 4.52 Å². The largest absolute Gasteiger partial charge is 0.382 e. The second kappa shape index (κ2) is 6.34. The number of aromatic nitrogens is 1. The number of nitrogens with one attached hydrogen (secondary N) is 1. The third-order valence-electron chi connectivity index (χ3n) is 5.67. The van der Waals surface area contributed by atoms with Gasteiger partial charge in [-0.3, -0.25) is 4.79 Å². The van der Waals surface area contributed by atoms with Crippen molar-refractivity contribution >= 4 is 28.1 Å². The van der Waals surface area contributed by atoms with Crippen LogP contribution in [-0.2, 0) is 0 Å². The molecule has 0 amide bonds. The number of benzene rings is 2. The van der Waals surface area contributed by atoms with Gasteiger partial charge in [-0.05, 0) is 27.0 Å². The molecule has 5 rings (SSSR count). The molecule has 6 nitrogen and oxygen atoms in total. The summed E-state index contributed by atoms with van der Waals surface area (Å²) < 4.78 is 5.82. The van der Waals surface area contributed by atoms with Crippen molar-refractivity contribution in [2.24, 2.45) is 0 Å². The number of likely N-dealkylation sites (N-methyl/N-ethyl adjacent to an activating group) is 1. The van der Waals surface area contributed by atoms with Crippen LogP contribution in [0.3, 0.4) is 0 Å². The number of rotatable bonds is 3. The molecule has 28 heavy (non-hydrogen) atoms. The van der Waals surface area contributed by atoms with Crippen LogP contribution in [0, 0.1) is 0 Å². The molecule has 0 bridgehead atoms. The number of carbonyl (C=O) groups excluding carboxylic acids is 1. The van der Waals surface area contributed by atoms with E-state index in [1.165, 1.54) is 0 Å². The molecule has 1 aliphatic carbocycles. The third kappa shape index (κ3) is 2.52. The molecule has 144 valence electrons. The first-order chi connectivity index (χ1) is 13.5. The van der Waals surface area contributed by atoms with Gasteiger partial charge in [0.25, 0.3) is 0 Å². The Bertz CT molecular complexity index is 1080. The van der Waals surface area contributed by atoms with Gasteiger partial charge >= 0.3 is 0 Å². The minimum absolute atomic E-state index is 0.0318. The van der Waals surface area contributed by atoms with Crippen LogP contribution >= 0.6 is 0 Å². The summed E-state index contributed by atoms with van der Waals surface area (Å²) in [5.74, 6) is 0.729. The zero-order chi connectivity index (χ0) is 19.4. The van der Waals surface area contributed by atoms with E-state index in [0.717, 1.165) is 54.0 Å². The van der Waals surface area contributed by atoms with Gasteiger partial charge in [-0.1, -0.05) is 29.4 Å². The van der Waals surface area contributed by atoms with Crippen LogP contribution in [-0.4, -0.2) is 55.1 Å². The van der Waals surface area contributed by atoms with Gasteiger partial charge < -0.3 is 19.6 Å². The summed E-state index contributed by atoms with van der Waals surface area (Å²) in [6.07, 6.45) is 0. The van der Waals surface area contributed by atoms with Crippen molar-refractivity contribution in [1.29, 1.82) is 0 Å². The number of ketones is 1. The second-order valence-corrected chi connectivity index (χ2v) is 8.02. The minimum Gasteiger partial charge on any atom is -0.382 e. The normalized spacial score (nSPS) is 16.7. The van der Waals surface area contributed by atoms with Gasteiger partial charge in [-0.2, -0.15) is 0 Å². The van der Waals surface area contributed by atoms with Crippen LogP contribution in [0.5, 0.6) is 0 Å². The van der Waals surface area contributed by atoms with E-state index in [1.54, 1.807) is 0 Å². The molecule has 1 aliphatic heterocycles. The first-order valence-corrected chi connectivity index (χ1v) is 9.85. The summed E-state index contributed by atoms with van der Waals surface area (Å²) in [5, 5.41) is 8.75. The topological polar surface area (TPSA) is 61.6 Å². The predicted molar refractivity (Wildman–Crippen MR) is 111 cm³/mol. The Kier molecular flexibility index (Phi) is 3.91. The third-order valence-corrected chi connectivity index (χ3v) is 5.67. The number of piperazine rings is 1. The van der Waals surface area contributed by atoms with Gasteiger partial charge in [0.2, 0.25) is 0 Å². The molecule has 2 aromatic carbocycles. The van der Waals surface area contributed by atoms with Gasteiger partial charge in [0.05, 0.1) is 16.6 Å². The standard InChI is InChI=1S/C22H24N4O2/c1-13(2)23-16-12-17(26-10-8-25(3)9-11-26)20-19-18(16)21(27)14-6-4-5-7-15(14)22(19)28-24-20/h4-7,12-13,23H,8-11H2,1-3H3. The number of hydrogen-bond acceptors (Lipinski definition) is 6. The van der Waals surface area contributed by atoms with Crippen LogP contribution in [0.15, 0.2) is 34.9 Å². The maximum Gasteiger partial charge on any atom is 0.196 e. The number of nitrogens with zero attached hydrogens (tertiary/aromatic N) is 3. The SMILES string of the molecule is CC(C)Nc1cc(N2CCN(C)CC2)c2noc3c2c1C(=O)c1ccccc1-3. The number of anilines is 2. The van der Waals surface area contributed by atoms with Crippen LogP contribution in [0.2, 0.25) is 0 Å². The molecule has 0 spiro atoms. The molecule has 2 aliphatic rings. The van der Waals surface area contributed by atoms with E-state index in [1.807, 2.05) is 24.3 Å². The smallest absolute Gasteiger partial charge is 0.196 e. The quantitative estimate of drug-likeness (QED) is 0.589. The zero-order valence-corrected chi connectivity index (χ0v) is 16.5. The molecule has 0 radical (unpaired) electrons. The Morgan fingerprint density at radius 2 is 1.82 bits per heavy atom. The fourth-order valence-electron chi connectivity index (χ4n) is 4.26. The second-order valence-electron chi connectivity index (χ2n) is 8.02. The summed E-state index contributed by atoms with van der Waals surface area (Å²) in [6.45, 7) is 8.04. The lowest BCUT2D eigenvalue weighted by molar-refractivity contribution is 0.104. The van der Waals surface area contributed by atoms with E-state index in [2.05, 4.69) is 47.2 Å². The van der Waals surface area contributed by atoms with Gasteiger partial charge in [0.1, 0.15) is 5.52 Å². The average Bonchev–Trinajstić information content (AvgIpc) is 3.12. The van der Waals surface area contributed by atoms with Gasteiger partial charge in [-0.25, -0.2) is 0 Å². The maximum absolute atomic E-state index is 13.4. The maximum atomic E-state index is 13.4. The van der Waals surface area contributed by atoms with Crippen molar-refractivity contribution in [3.05, 3.63) is 41.5 Å². The molecule has 1 aromatic heterocycles. The number of carbonyl (C=O) groups is 1. The average molecular weight is 376 g/mol. The summed E-state index contributed by atoms with van der Waals surface area (Å²) in [7, 11) is 2.14. The predicted octanol–water partition coefficient (Wildman–Crippen LogP) is 3.61. The highest BCUT2D eigenvalue weighted by Gasteiger charge is 2.34. The molecule has 1 saturated heterocycles. The molecular weight excluding hydrogens is 352 g/mol. The first kappa shape index (κ1) is 17.3. The van der Waals surface area contributed by atoms with Crippen molar-refractivity contribution in [3.63, 3.8) is 0 Å². The van der Waals surface area contributed by atoms with E-state index in [0.29, 0.717) is 16.9 Å². The number of fused-ring (bicyclic) bond motifs is 2. The molecular formula is C22H24N4O2. The zero-order valence-electron chi connectivity index (χ0n) is 16.5. The van der Waals surface area contributed by atoms with Crippen molar-refractivity contribution in [1.82, 2.24) is 10.1 Å². The summed E-state index contributed by atoms with van der Waals surface area (Å²) in [5.41, 5.74) is 4.86. The highest BCUT2D eigenvalue weighted by molar-refractivity contribution is 6.28. The lowest BCUT2D eigenvalue weighted by Gasteiger charge is -2.34. The van der Waals surface area contributed by atoms with Gasteiger partial charge in [0, 0.05) is 49.0 Å². The molecule has 2 heterocycles.